The molecule has 2 bridgehead atoms. The van der Waals surface area contributed by atoms with Crippen molar-refractivity contribution >= 4 is 8.32 Å². The van der Waals surface area contributed by atoms with Gasteiger partial charge in [-0.25, -0.2) is 0 Å². The minimum Gasteiger partial charge on any atom is -0.420 e. The van der Waals surface area contributed by atoms with Crippen LogP contribution in [0.3, 0.4) is 0 Å². The van der Waals surface area contributed by atoms with Crippen LogP contribution < -0.4 is 0 Å². The molecule has 0 heterocycles. The van der Waals surface area contributed by atoms with Gasteiger partial charge in [0, 0.05) is 7.11 Å². The van der Waals surface area contributed by atoms with Crippen LogP contribution in [0.15, 0.2) is 12.2 Å². The quantitative estimate of drug-likeness (QED) is 0.406. The van der Waals surface area contributed by atoms with Crippen molar-refractivity contribution in [3.05, 3.63) is 12.2 Å². The SMILES string of the molecule is CCCC[Si](CCCC)(CC1CC2C=CC1C2)OC. The molecule has 0 aromatic rings. The van der Waals surface area contributed by atoms with Crippen LogP contribution >= 0.6 is 0 Å². The Morgan fingerprint density at radius 1 is 1.05 bits per heavy atom. The summed E-state index contributed by atoms with van der Waals surface area (Å²) < 4.78 is 6.23. The molecule has 1 nitrogen and oxygen atoms in total. The average Bonchev–Trinajstić information content (AvgIpc) is 3.04. The van der Waals surface area contributed by atoms with Gasteiger partial charge >= 0.3 is 0 Å². The molecule has 1 saturated carbocycles. The molecule has 3 unspecified atom stereocenters. The largest absolute Gasteiger partial charge is 0.420 e. The summed E-state index contributed by atoms with van der Waals surface area (Å²) in [6, 6.07) is 4.24. The van der Waals surface area contributed by atoms with Crippen LogP contribution in [0.4, 0.5) is 0 Å². The van der Waals surface area contributed by atoms with Gasteiger partial charge in [-0.15, -0.1) is 0 Å². The summed E-state index contributed by atoms with van der Waals surface area (Å²) in [5, 5.41) is 0. The number of hydrogen-bond donors (Lipinski definition) is 0. The molecule has 0 aromatic heterocycles. The Bertz CT molecular complexity index is 292. The Hall–Kier alpha value is -0.0831. The molecule has 2 aliphatic carbocycles. The van der Waals surface area contributed by atoms with Gasteiger partial charge in [0.25, 0.3) is 0 Å². The fourth-order valence-electron chi connectivity index (χ4n) is 4.22. The van der Waals surface area contributed by atoms with Crippen LogP contribution in [0.2, 0.25) is 18.1 Å². The lowest BCUT2D eigenvalue weighted by molar-refractivity contribution is 0.361. The standard InChI is InChI=1S/C17H32OSi/c1-4-6-10-19(18-3,11-7-5-2)14-17-13-15-8-9-16(17)12-15/h8-9,15-17H,4-7,10-14H2,1-3H3. The highest BCUT2D eigenvalue weighted by atomic mass is 28.4. The van der Waals surface area contributed by atoms with Crippen molar-refractivity contribution in [2.75, 3.05) is 7.11 Å². The van der Waals surface area contributed by atoms with Gasteiger partial charge in [-0.2, -0.15) is 0 Å². The lowest BCUT2D eigenvalue weighted by atomic mass is 9.96. The first-order chi connectivity index (χ1) is 9.23. The van der Waals surface area contributed by atoms with Crippen molar-refractivity contribution in [3.63, 3.8) is 0 Å². The second-order valence-corrected chi connectivity index (χ2v) is 11.0. The lowest BCUT2D eigenvalue weighted by Crippen LogP contribution is -2.39. The third-order valence-corrected chi connectivity index (χ3v) is 10.1. The highest BCUT2D eigenvalue weighted by molar-refractivity contribution is 6.73. The molecule has 3 atom stereocenters. The lowest BCUT2D eigenvalue weighted by Gasteiger charge is -2.34. The normalized spacial score (nSPS) is 29.3. The van der Waals surface area contributed by atoms with Crippen molar-refractivity contribution in [2.24, 2.45) is 17.8 Å². The van der Waals surface area contributed by atoms with Gasteiger partial charge in [0.15, 0.2) is 8.32 Å². The number of allylic oxidation sites excluding steroid dienone is 2. The van der Waals surface area contributed by atoms with E-state index in [4.69, 9.17) is 4.43 Å². The minimum absolute atomic E-state index is 0.898. The van der Waals surface area contributed by atoms with Crippen LogP contribution in [0.5, 0.6) is 0 Å². The Balaban J connectivity index is 1.96. The first kappa shape index (κ1) is 15.3. The Morgan fingerprint density at radius 3 is 2.16 bits per heavy atom. The van der Waals surface area contributed by atoms with Crippen molar-refractivity contribution in [2.45, 2.75) is 70.5 Å². The molecule has 19 heavy (non-hydrogen) atoms. The summed E-state index contributed by atoms with van der Waals surface area (Å²) in [5.74, 6) is 2.77. The first-order valence-electron chi connectivity index (χ1n) is 8.46. The first-order valence-corrected chi connectivity index (χ1v) is 11.0. The van der Waals surface area contributed by atoms with Gasteiger partial charge < -0.3 is 4.43 Å². The molecular weight excluding hydrogens is 248 g/mol. The number of fused-ring (bicyclic) bond motifs is 2. The summed E-state index contributed by atoms with van der Waals surface area (Å²) in [7, 11) is 0.567. The zero-order chi connectivity index (χ0) is 13.7. The van der Waals surface area contributed by atoms with E-state index in [0.717, 1.165) is 17.8 Å². The summed E-state index contributed by atoms with van der Waals surface area (Å²) >= 11 is 0. The fraction of sp³-hybridized carbons (Fsp3) is 0.882. The number of hydrogen-bond acceptors (Lipinski definition) is 1. The van der Waals surface area contributed by atoms with E-state index >= 15 is 0 Å². The summed E-state index contributed by atoms with van der Waals surface area (Å²) in [6.07, 6.45) is 13.3. The molecule has 0 spiro atoms. The molecule has 0 saturated heterocycles. The van der Waals surface area contributed by atoms with Gasteiger partial charge in [0.1, 0.15) is 0 Å². The van der Waals surface area contributed by atoms with Crippen LogP contribution in [0.1, 0.15) is 52.4 Å². The maximum atomic E-state index is 6.23. The summed E-state index contributed by atoms with van der Waals surface area (Å²) in [6.45, 7) is 4.63. The Labute approximate surface area is 120 Å². The molecule has 110 valence electrons. The van der Waals surface area contributed by atoms with Gasteiger partial charge in [-0.1, -0.05) is 51.7 Å². The third kappa shape index (κ3) is 3.72. The van der Waals surface area contributed by atoms with Gasteiger partial charge in [-0.05, 0) is 48.7 Å². The van der Waals surface area contributed by atoms with Gasteiger partial charge in [0.2, 0.25) is 0 Å². The monoisotopic (exact) mass is 280 g/mol. The van der Waals surface area contributed by atoms with Crippen molar-refractivity contribution < 1.29 is 4.43 Å². The van der Waals surface area contributed by atoms with E-state index in [1.54, 1.807) is 0 Å². The molecule has 0 aromatic carbocycles. The second-order valence-electron chi connectivity index (χ2n) is 6.84. The van der Waals surface area contributed by atoms with Crippen LogP contribution in [-0.4, -0.2) is 15.4 Å². The molecule has 0 radical (unpaired) electrons. The topological polar surface area (TPSA) is 9.23 Å². The summed E-state index contributed by atoms with van der Waals surface area (Å²) in [4.78, 5) is 0. The van der Waals surface area contributed by atoms with Gasteiger partial charge in [0.05, 0.1) is 0 Å². The molecule has 2 aliphatic rings. The average molecular weight is 281 g/mol. The zero-order valence-electron chi connectivity index (χ0n) is 13.2. The molecular formula is C17H32OSi. The van der Waals surface area contributed by atoms with Crippen LogP contribution in [-0.2, 0) is 4.43 Å². The van der Waals surface area contributed by atoms with Gasteiger partial charge in [-0.3, -0.25) is 0 Å². The third-order valence-electron chi connectivity index (χ3n) is 5.46. The second kappa shape index (κ2) is 7.08. The minimum atomic E-state index is -1.45. The predicted molar refractivity (Wildman–Crippen MR) is 85.8 cm³/mol. The molecule has 2 rings (SSSR count). The fourth-order valence-corrected chi connectivity index (χ4v) is 8.88. The Morgan fingerprint density at radius 2 is 1.74 bits per heavy atom. The van der Waals surface area contributed by atoms with E-state index in [9.17, 15) is 0 Å². The van der Waals surface area contributed by atoms with Crippen molar-refractivity contribution in [3.8, 4) is 0 Å². The Kier molecular flexibility index (Phi) is 5.70. The van der Waals surface area contributed by atoms with Crippen molar-refractivity contribution in [1.82, 2.24) is 0 Å². The van der Waals surface area contributed by atoms with E-state index in [2.05, 4.69) is 26.0 Å². The molecule has 2 heteroatoms. The van der Waals surface area contributed by atoms with Crippen LogP contribution in [0, 0.1) is 17.8 Å². The molecule has 1 fully saturated rings. The summed E-state index contributed by atoms with van der Waals surface area (Å²) in [5.41, 5.74) is 0. The molecule has 0 amide bonds. The van der Waals surface area contributed by atoms with E-state index in [1.165, 1.54) is 56.7 Å². The van der Waals surface area contributed by atoms with E-state index in [-0.39, 0.29) is 0 Å². The molecule has 0 N–H and O–H groups in total. The van der Waals surface area contributed by atoms with Crippen LogP contribution in [0.25, 0.3) is 0 Å². The van der Waals surface area contributed by atoms with E-state index in [0.29, 0.717) is 0 Å². The van der Waals surface area contributed by atoms with Crippen molar-refractivity contribution in [1.29, 1.82) is 0 Å². The maximum Gasteiger partial charge on any atom is 0.192 e. The highest BCUT2D eigenvalue weighted by Gasteiger charge is 2.42. The highest BCUT2D eigenvalue weighted by Crippen LogP contribution is 2.48. The predicted octanol–water partition coefficient (Wildman–Crippen LogP) is 5.39. The maximum absolute atomic E-state index is 6.23. The smallest absolute Gasteiger partial charge is 0.192 e. The number of unbranched alkanes of at least 4 members (excludes halogenated alkanes) is 2. The van der Waals surface area contributed by atoms with E-state index < -0.39 is 8.32 Å². The van der Waals surface area contributed by atoms with E-state index in [1.807, 2.05) is 7.11 Å². The number of rotatable bonds is 9. The zero-order valence-corrected chi connectivity index (χ0v) is 14.2. The molecule has 0 aliphatic heterocycles.